The molecule has 0 amide bonds. The summed E-state index contributed by atoms with van der Waals surface area (Å²) in [5.74, 6) is 1.12. The number of nitro groups is 1. The van der Waals surface area contributed by atoms with Crippen molar-refractivity contribution < 1.29 is 9.66 Å². The molecule has 0 bridgehead atoms. The SMILES string of the molecule is COc1ccccc1/C=N/Nc1ccc([N+](=O)[O-])cn1. The monoisotopic (exact) mass is 272 g/mol. The van der Waals surface area contributed by atoms with E-state index in [1.807, 2.05) is 24.3 Å². The van der Waals surface area contributed by atoms with Crippen LogP contribution in [-0.4, -0.2) is 23.2 Å². The molecule has 0 fully saturated rings. The highest BCUT2D eigenvalue weighted by molar-refractivity contribution is 5.83. The number of hydrogen-bond donors (Lipinski definition) is 1. The van der Waals surface area contributed by atoms with Crippen molar-refractivity contribution in [1.29, 1.82) is 0 Å². The number of rotatable bonds is 5. The van der Waals surface area contributed by atoms with Crippen molar-refractivity contribution in [3.05, 3.63) is 58.3 Å². The summed E-state index contributed by atoms with van der Waals surface area (Å²) < 4.78 is 5.18. The van der Waals surface area contributed by atoms with Gasteiger partial charge < -0.3 is 4.74 Å². The quantitative estimate of drug-likeness (QED) is 0.513. The Hall–Kier alpha value is -2.96. The molecule has 1 N–H and O–H groups in total. The van der Waals surface area contributed by atoms with E-state index in [9.17, 15) is 10.1 Å². The van der Waals surface area contributed by atoms with E-state index < -0.39 is 4.92 Å². The predicted molar refractivity (Wildman–Crippen MR) is 75.1 cm³/mol. The summed E-state index contributed by atoms with van der Waals surface area (Å²) in [6, 6.07) is 10.2. The van der Waals surface area contributed by atoms with Crippen molar-refractivity contribution in [3.8, 4) is 5.75 Å². The highest BCUT2D eigenvalue weighted by atomic mass is 16.6. The lowest BCUT2D eigenvalue weighted by atomic mass is 10.2. The van der Waals surface area contributed by atoms with Crippen LogP contribution in [-0.2, 0) is 0 Å². The van der Waals surface area contributed by atoms with Gasteiger partial charge in [0.1, 0.15) is 17.8 Å². The van der Waals surface area contributed by atoms with Crippen LogP contribution < -0.4 is 10.2 Å². The molecule has 2 aromatic rings. The van der Waals surface area contributed by atoms with Gasteiger partial charge in [0, 0.05) is 11.6 Å². The smallest absolute Gasteiger partial charge is 0.287 e. The molecule has 0 aliphatic carbocycles. The van der Waals surface area contributed by atoms with Crippen LogP contribution in [0.1, 0.15) is 5.56 Å². The summed E-state index contributed by atoms with van der Waals surface area (Å²) in [5, 5.41) is 14.5. The van der Waals surface area contributed by atoms with Gasteiger partial charge in [0.05, 0.1) is 18.2 Å². The Morgan fingerprint density at radius 2 is 2.15 bits per heavy atom. The second-order valence-electron chi connectivity index (χ2n) is 3.77. The number of aromatic nitrogens is 1. The molecule has 2 rings (SSSR count). The number of ether oxygens (including phenoxy) is 1. The topological polar surface area (TPSA) is 89.6 Å². The van der Waals surface area contributed by atoms with Gasteiger partial charge in [-0.15, -0.1) is 0 Å². The Morgan fingerprint density at radius 1 is 1.35 bits per heavy atom. The Kier molecular flexibility index (Phi) is 4.23. The van der Waals surface area contributed by atoms with Crippen LogP contribution in [0.25, 0.3) is 0 Å². The van der Waals surface area contributed by atoms with Gasteiger partial charge in [-0.2, -0.15) is 5.10 Å². The van der Waals surface area contributed by atoms with Crippen LogP contribution in [0.2, 0.25) is 0 Å². The molecule has 1 aromatic heterocycles. The van der Waals surface area contributed by atoms with Gasteiger partial charge in [0.25, 0.3) is 5.69 Å². The first-order valence-corrected chi connectivity index (χ1v) is 5.73. The second-order valence-corrected chi connectivity index (χ2v) is 3.77. The van der Waals surface area contributed by atoms with Crippen LogP contribution in [0, 0.1) is 10.1 Å². The Bertz CT molecular complexity index is 626. The van der Waals surface area contributed by atoms with Crippen molar-refractivity contribution in [2.24, 2.45) is 5.10 Å². The van der Waals surface area contributed by atoms with Gasteiger partial charge >= 0.3 is 0 Å². The molecule has 102 valence electrons. The van der Waals surface area contributed by atoms with Crippen LogP contribution in [0.5, 0.6) is 5.75 Å². The van der Waals surface area contributed by atoms with Crippen LogP contribution >= 0.6 is 0 Å². The molecule has 7 nitrogen and oxygen atoms in total. The second kappa shape index (κ2) is 6.28. The third kappa shape index (κ3) is 3.29. The third-order valence-corrected chi connectivity index (χ3v) is 2.48. The molecule has 0 aliphatic heterocycles. The van der Waals surface area contributed by atoms with Crippen LogP contribution in [0.3, 0.4) is 0 Å². The number of anilines is 1. The molecular weight excluding hydrogens is 260 g/mol. The van der Waals surface area contributed by atoms with E-state index in [0.717, 1.165) is 5.56 Å². The fourth-order valence-corrected chi connectivity index (χ4v) is 1.50. The number of pyridine rings is 1. The fraction of sp³-hybridized carbons (Fsp3) is 0.0769. The Labute approximate surface area is 115 Å². The highest BCUT2D eigenvalue weighted by Crippen LogP contribution is 2.15. The lowest BCUT2D eigenvalue weighted by molar-refractivity contribution is -0.385. The number of nitrogens with one attached hydrogen (secondary N) is 1. The standard InChI is InChI=1S/C13H12N4O3/c1-20-12-5-3-2-4-10(12)8-15-16-13-7-6-11(9-14-13)17(18)19/h2-9H,1H3,(H,14,16)/b15-8+. The molecule has 0 unspecified atom stereocenters. The summed E-state index contributed by atoms with van der Waals surface area (Å²) in [6.45, 7) is 0. The molecule has 0 radical (unpaired) electrons. The molecule has 0 saturated carbocycles. The zero-order chi connectivity index (χ0) is 14.4. The van der Waals surface area contributed by atoms with Crippen LogP contribution in [0.15, 0.2) is 47.7 Å². The summed E-state index contributed by atoms with van der Waals surface area (Å²) in [6.07, 6.45) is 2.75. The van der Waals surface area contributed by atoms with Crippen molar-refractivity contribution >= 4 is 17.7 Å². The number of methoxy groups -OCH3 is 1. The first-order valence-electron chi connectivity index (χ1n) is 5.73. The third-order valence-electron chi connectivity index (χ3n) is 2.48. The molecule has 0 aliphatic rings. The average Bonchev–Trinajstić information content (AvgIpc) is 2.48. The maximum atomic E-state index is 10.5. The summed E-state index contributed by atoms with van der Waals surface area (Å²) in [7, 11) is 1.58. The number of hydrogen-bond acceptors (Lipinski definition) is 6. The highest BCUT2D eigenvalue weighted by Gasteiger charge is 2.04. The lowest BCUT2D eigenvalue weighted by Crippen LogP contribution is -1.96. The van der Waals surface area contributed by atoms with Crippen molar-refractivity contribution in [1.82, 2.24) is 4.98 Å². The summed E-state index contributed by atoms with van der Waals surface area (Å²) in [4.78, 5) is 13.9. The molecule has 1 aromatic carbocycles. The van der Waals surface area contributed by atoms with Gasteiger partial charge in [0.2, 0.25) is 0 Å². The van der Waals surface area contributed by atoms with E-state index in [0.29, 0.717) is 11.6 Å². The number of hydrazone groups is 1. The first kappa shape index (κ1) is 13.5. The Morgan fingerprint density at radius 3 is 2.80 bits per heavy atom. The molecule has 7 heteroatoms. The molecular formula is C13H12N4O3. The summed E-state index contributed by atoms with van der Waals surface area (Å²) >= 11 is 0. The van der Waals surface area contributed by atoms with E-state index in [2.05, 4.69) is 15.5 Å². The minimum absolute atomic E-state index is 0.0655. The fourth-order valence-electron chi connectivity index (χ4n) is 1.50. The van der Waals surface area contributed by atoms with Gasteiger partial charge in [-0.1, -0.05) is 12.1 Å². The summed E-state index contributed by atoms with van der Waals surface area (Å²) in [5.41, 5.74) is 3.43. The zero-order valence-corrected chi connectivity index (χ0v) is 10.7. The van der Waals surface area contributed by atoms with Gasteiger partial charge in [-0.05, 0) is 18.2 Å². The van der Waals surface area contributed by atoms with E-state index in [-0.39, 0.29) is 5.69 Å². The maximum Gasteiger partial charge on any atom is 0.287 e. The average molecular weight is 272 g/mol. The van der Waals surface area contributed by atoms with Gasteiger partial charge in [-0.25, -0.2) is 4.98 Å². The maximum absolute atomic E-state index is 10.5. The molecule has 20 heavy (non-hydrogen) atoms. The van der Waals surface area contributed by atoms with Crippen LogP contribution in [0.4, 0.5) is 11.5 Å². The van der Waals surface area contributed by atoms with E-state index in [1.165, 1.54) is 18.3 Å². The first-order chi connectivity index (χ1) is 9.70. The number of nitrogens with zero attached hydrogens (tertiary/aromatic N) is 3. The molecule has 0 saturated heterocycles. The minimum atomic E-state index is -0.505. The molecule has 1 heterocycles. The van der Waals surface area contributed by atoms with E-state index in [4.69, 9.17) is 4.74 Å². The molecule has 0 spiro atoms. The number of para-hydroxylation sites is 1. The predicted octanol–water partition coefficient (Wildman–Crippen LogP) is 2.44. The normalized spacial score (nSPS) is 10.4. The van der Waals surface area contributed by atoms with Crippen molar-refractivity contribution in [2.75, 3.05) is 12.5 Å². The van der Waals surface area contributed by atoms with Gasteiger partial charge in [0.15, 0.2) is 0 Å². The van der Waals surface area contributed by atoms with Crippen molar-refractivity contribution in [3.63, 3.8) is 0 Å². The number of benzene rings is 1. The Balaban J connectivity index is 2.04. The van der Waals surface area contributed by atoms with Crippen molar-refractivity contribution in [2.45, 2.75) is 0 Å². The van der Waals surface area contributed by atoms with Gasteiger partial charge in [-0.3, -0.25) is 15.5 Å². The largest absolute Gasteiger partial charge is 0.496 e. The minimum Gasteiger partial charge on any atom is -0.496 e. The lowest BCUT2D eigenvalue weighted by Gasteiger charge is -2.03. The zero-order valence-electron chi connectivity index (χ0n) is 10.7. The molecule has 0 atom stereocenters. The van der Waals surface area contributed by atoms with E-state index in [1.54, 1.807) is 13.3 Å². The van der Waals surface area contributed by atoms with E-state index >= 15 is 0 Å².